The van der Waals surface area contributed by atoms with E-state index in [1.54, 1.807) is 0 Å². The molecule has 0 bridgehead atoms. The summed E-state index contributed by atoms with van der Waals surface area (Å²) >= 11 is 0. The third-order valence-corrected chi connectivity index (χ3v) is 19.2. The van der Waals surface area contributed by atoms with Crippen LogP contribution in [0.4, 0.5) is 0 Å². The van der Waals surface area contributed by atoms with Gasteiger partial charge in [-0.3, -0.25) is 37.3 Å². The van der Waals surface area contributed by atoms with E-state index in [1.165, 1.54) is 186 Å². The number of rotatable bonds is 72. The highest BCUT2D eigenvalue weighted by atomic mass is 31.2. The molecule has 0 aromatic rings. The standard InChI is InChI=1S/C73H142O17P2/c1-7-10-12-14-16-18-25-33-39-45-51-57-72(77)89-68(61-83-70(75)55-49-43-37-17-15-13-11-8-2)63-87-91(79,80)85-59-67(74)60-86-92(81,82)88-64-69(62-84-71(76)56-50-44-38-32-29-28-31-36-42-48-54-66(6)9-3)90-73(78)58-52-46-40-34-27-24-22-20-19-21-23-26-30-35-41-47-53-65(4)5/h65-69,74H,7-64H2,1-6H3,(H,79,80)(H,81,82)/t66?,67-,68+,69+/m0/s1. The molecule has 19 heteroatoms. The van der Waals surface area contributed by atoms with Crippen molar-refractivity contribution in [3.8, 4) is 0 Å². The molecule has 17 nitrogen and oxygen atoms in total. The Morgan fingerprint density at radius 3 is 0.826 bits per heavy atom. The van der Waals surface area contributed by atoms with E-state index in [0.717, 1.165) is 108 Å². The molecule has 92 heavy (non-hydrogen) atoms. The van der Waals surface area contributed by atoms with Crippen LogP contribution in [0, 0.1) is 11.8 Å². The number of hydrogen-bond acceptors (Lipinski definition) is 15. The SMILES string of the molecule is CCCCCCCCCCCCCC(=O)O[C@H](COC(=O)CCCCCCCCCC)COP(=O)(O)OC[C@H](O)COP(=O)(O)OC[C@@H](COC(=O)CCCCCCCCCCCCC(C)CC)OC(=O)CCCCCCCCCCCCCCCCCCC(C)C. The topological polar surface area (TPSA) is 237 Å². The van der Waals surface area contributed by atoms with Gasteiger partial charge in [0.15, 0.2) is 12.2 Å². The van der Waals surface area contributed by atoms with Gasteiger partial charge >= 0.3 is 39.5 Å². The average Bonchev–Trinajstić information content (AvgIpc) is 2.53. The molecular formula is C73H142O17P2. The van der Waals surface area contributed by atoms with E-state index in [2.05, 4.69) is 41.5 Å². The van der Waals surface area contributed by atoms with Gasteiger partial charge in [0.05, 0.1) is 26.4 Å². The Kier molecular flexibility index (Phi) is 63.7. The van der Waals surface area contributed by atoms with Crippen molar-refractivity contribution in [2.45, 2.75) is 394 Å². The lowest BCUT2D eigenvalue weighted by Crippen LogP contribution is -2.30. The Hall–Kier alpha value is -1.94. The molecule has 0 amide bonds. The van der Waals surface area contributed by atoms with Crippen LogP contribution in [0.15, 0.2) is 0 Å². The second kappa shape index (κ2) is 65.0. The van der Waals surface area contributed by atoms with Crippen molar-refractivity contribution in [3.05, 3.63) is 0 Å². The van der Waals surface area contributed by atoms with Gasteiger partial charge in [-0.25, -0.2) is 9.13 Å². The van der Waals surface area contributed by atoms with Gasteiger partial charge in [-0.05, 0) is 37.5 Å². The third kappa shape index (κ3) is 65.4. The highest BCUT2D eigenvalue weighted by Crippen LogP contribution is 2.45. The first-order valence-corrected chi connectivity index (χ1v) is 41.0. The summed E-state index contributed by atoms with van der Waals surface area (Å²) < 4.78 is 68.3. The van der Waals surface area contributed by atoms with E-state index in [-0.39, 0.29) is 25.7 Å². The van der Waals surface area contributed by atoms with Crippen LogP contribution in [-0.4, -0.2) is 96.7 Å². The van der Waals surface area contributed by atoms with Gasteiger partial charge in [0, 0.05) is 25.7 Å². The number of phosphoric ester groups is 2. The number of aliphatic hydroxyl groups is 1. The number of hydrogen-bond donors (Lipinski definition) is 3. The highest BCUT2D eigenvalue weighted by molar-refractivity contribution is 7.47. The maximum atomic E-state index is 13.1. The molecule has 3 unspecified atom stereocenters. The zero-order valence-electron chi connectivity index (χ0n) is 59.9. The molecule has 3 N–H and O–H groups in total. The number of carbonyl (C=O) groups is 4. The van der Waals surface area contributed by atoms with Gasteiger partial charge in [-0.2, -0.15) is 0 Å². The zero-order chi connectivity index (χ0) is 67.9. The predicted molar refractivity (Wildman–Crippen MR) is 372 cm³/mol. The Morgan fingerprint density at radius 1 is 0.315 bits per heavy atom. The van der Waals surface area contributed by atoms with Crippen LogP contribution in [0.3, 0.4) is 0 Å². The van der Waals surface area contributed by atoms with Crippen molar-refractivity contribution in [3.63, 3.8) is 0 Å². The minimum absolute atomic E-state index is 0.107. The molecule has 6 atom stereocenters. The monoisotopic (exact) mass is 1350 g/mol. The largest absolute Gasteiger partial charge is 0.472 e. The molecule has 0 radical (unpaired) electrons. The zero-order valence-corrected chi connectivity index (χ0v) is 61.6. The molecule has 0 saturated heterocycles. The Bertz CT molecular complexity index is 1790. The van der Waals surface area contributed by atoms with Crippen molar-refractivity contribution >= 4 is 39.5 Å². The third-order valence-electron chi connectivity index (χ3n) is 17.3. The smallest absolute Gasteiger partial charge is 0.462 e. The van der Waals surface area contributed by atoms with Gasteiger partial charge in [-0.1, -0.05) is 324 Å². The van der Waals surface area contributed by atoms with E-state index in [9.17, 15) is 43.2 Å². The number of carbonyl (C=O) groups excluding carboxylic acids is 4. The average molecular weight is 1350 g/mol. The lowest BCUT2D eigenvalue weighted by molar-refractivity contribution is -0.161. The van der Waals surface area contributed by atoms with Gasteiger partial charge < -0.3 is 33.8 Å². The molecule has 0 spiro atoms. The fourth-order valence-electron chi connectivity index (χ4n) is 11.1. The predicted octanol–water partition coefficient (Wildman–Crippen LogP) is 21.2. The summed E-state index contributed by atoms with van der Waals surface area (Å²) in [4.78, 5) is 72.6. The second-order valence-corrected chi connectivity index (χ2v) is 30.0. The summed E-state index contributed by atoms with van der Waals surface area (Å²) in [5.41, 5.74) is 0. The number of unbranched alkanes of at least 4 members (excludes halogenated alkanes) is 41. The second-order valence-electron chi connectivity index (χ2n) is 27.1. The lowest BCUT2D eigenvalue weighted by Gasteiger charge is -2.21. The van der Waals surface area contributed by atoms with Crippen LogP contribution < -0.4 is 0 Å². The molecule has 0 rings (SSSR count). The molecule has 0 aliphatic heterocycles. The number of aliphatic hydroxyl groups excluding tert-OH is 1. The van der Waals surface area contributed by atoms with Crippen molar-refractivity contribution < 1.29 is 80.2 Å². The van der Waals surface area contributed by atoms with Crippen molar-refractivity contribution in [1.29, 1.82) is 0 Å². The van der Waals surface area contributed by atoms with Gasteiger partial charge in [-0.15, -0.1) is 0 Å². The molecular weight excluding hydrogens is 1210 g/mol. The van der Waals surface area contributed by atoms with E-state index >= 15 is 0 Å². The number of ether oxygens (including phenoxy) is 4. The van der Waals surface area contributed by atoms with Gasteiger partial charge in [0.1, 0.15) is 19.3 Å². The first kappa shape index (κ1) is 90.1. The van der Waals surface area contributed by atoms with Crippen molar-refractivity contribution in [2.75, 3.05) is 39.6 Å². The van der Waals surface area contributed by atoms with Crippen LogP contribution in [0.2, 0.25) is 0 Å². The Morgan fingerprint density at radius 2 is 0.554 bits per heavy atom. The summed E-state index contributed by atoms with van der Waals surface area (Å²) in [7, 11) is -9.90. The van der Waals surface area contributed by atoms with Crippen molar-refractivity contribution in [2.24, 2.45) is 11.8 Å². The summed E-state index contributed by atoms with van der Waals surface area (Å²) in [6.07, 6.45) is 51.3. The molecule has 0 aliphatic rings. The molecule has 0 heterocycles. The van der Waals surface area contributed by atoms with Crippen LogP contribution >= 0.6 is 15.6 Å². The number of esters is 4. The molecule has 0 fully saturated rings. The lowest BCUT2D eigenvalue weighted by atomic mass is 9.99. The van der Waals surface area contributed by atoms with Crippen LogP contribution in [0.25, 0.3) is 0 Å². The molecule has 546 valence electrons. The fraction of sp³-hybridized carbons (Fsp3) is 0.945. The summed E-state index contributed by atoms with van der Waals surface area (Å²) in [5, 5.41) is 10.6. The molecule has 0 aromatic heterocycles. The van der Waals surface area contributed by atoms with E-state index < -0.39 is 97.5 Å². The quantitative estimate of drug-likeness (QED) is 0.0222. The Balaban J connectivity index is 5.20. The minimum Gasteiger partial charge on any atom is -0.462 e. The van der Waals surface area contributed by atoms with Gasteiger partial charge in [0.2, 0.25) is 0 Å². The van der Waals surface area contributed by atoms with E-state index in [0.29, 0.717) is 25.7 Å². The normalized spacial score (nSPS) is 14.4. The maximum absolute atomic E-state index is 13.1. The minimum atomic E-state index is -4.95. The Labute approximate surface area is 562 Å². The summed E-state index contributed by atoms with van der Waals surface area (Å²) in [5.74, 6) is -0.503. The number of phosphoric acid groups is 2. The van der Waals surface area contributed by atoms with Crippen LogP contribution in [0.5, 0.6) is 0 Å². The fourth-order valence-corrected chi connectivity index (χ4v) is 12.7. The highest BCUT2D eigenvalue weighted by Gasteiger charge is 2.30. The summed E-state index contributed by atoms with van der Waals surface area (Å²) in [6, 6.07) is 0. The van der Waals surface area contributed by atoms with E-state index in [1.807, 2.05) is 0 Å². The maximum Gasteiger partial charge on any atom is 0.472 e. The summed E-state index contributed by atoms with van der Waals surface area (Å²) in [6.45, 7) is 9.60. The molecule has 0 aromatic carbocycles. The van der Waals surface area contributed by atoms with E-state index in [4.69, 9.17) is 37.0 Å². The van der Waals surface area contributed by atoms with Gasteiger partial charge in [0.25, 0.3) is 0 Å². The first-order chi connectivity index (χ1) is 44.4. The molecule has 0 aliphatic carbocycles. The molecule has 0 saturated carbocycles. The van der Waals surface area contributed by atoms with Crippen molar-refractivity contribution in [1.82, 2.24) is 0 Å². The van der Waals surface area contributed by atoms with Crippen LogP contribution in [0.1, 0.15) is 375 Å². The van der Waals surface area contributed by atoms with Crippen LogP contribution in [-0.2, 0) is 65.4 Å². The first-order valence-electron chi connectivity index (χ1n) is 38.0.